The van der Waals surface area contributed by atoms with Gasteiger partial charge in [0.25, 0.3) is 10.1 Å². The number of carbonyl (C=O) groups excluding carboxylic acids is 1. The summed E-state index contributed by atoms with van der Waals surface area (Å²) >= 11 is 0. The van der Waals surface area contributed by atoms with E-state index in [-0.39, 0.29) is 50.9 Å². The summed E-state index contributed by atoms with van der Waals surface area (Å²) < 4.78 is 75.7. The third kappa shape index (κ3) is 6.20. The van der Waals surface area contributed by atoms with Gasteiger partial charge in [0.05, 0.1) is 18.6 Å². The zero-order chi connectivity index (χ0) is 32.9. The van der Waals surface area contributed by atoms with Gasteiger partial charge in [-0.25, -0.2) is 0 Å². The highest BCUT2D eigenvalue weighted by atomic mass is 32.2. The summed E-state index contributed by atoms with van der Waals surface area (Å²) in [4.78, 5) is 13.0. The minimum absolute atomic E-state index is 0.0401. The number of Topliss-reactive ketones (excluding diaryl/α,β-unsaturated/α-hetero) is 1. The first-order valence-electron chi connectivity index (χ1n) is 14.7. The Labute approximate surface area is 264 Å². The summed E-state index contributed by atoms with van der Waals surface area (Å²) in [6.07, 6.45) is -0.361. The molecule has 2 aliphatic rings. The maximum Gasteiger partial charge on any atom is 0.339 e. The van der Waals surface area contributed by atoms with Gasteiger partial charge >= 0.3 is 10.1 Å². The molecule has 12 heteroatoms. The molecule has 1 N–H and O–H groups in total. The second-order valence-corrected chi connectivity index (χ2v) is 15.4. The molecule has 1 fully saturated rings. The highest BCUT2D eigenvalue weighted by Gasteiger charge is 2.57. The highest BCUT2D eigenvalue weighted by Crippen LogP contribution is 2.59. The number of hydrogen-bond acceptors (Lipinski definition) is 10. The van der Waals surface area contributed by atoms with Gasteiger partial charge in [-0.1, -0.05) is 49.2 Å². The second kappa shape index (κ2) is 12.1. The van der Waals surface area contributed by atoms with Crippen LogP contribution in [0.4, 0.5) is 0 Å². The molecule has 45 heavy (non-hydrogen) atoms. The summed E-state index contributed by atoms with van der Waals surface area (Å²) in [5.74, 6) is -1.01. The Hall–Kier alpha value is -3.45. The molecular weight excluding hydrogens is 620 g/mol. The van der Waals surface area contributed by atoms with E-state index in [0.717, 1.165) is 11.1 Å². The molecule has 0 spiro atoms. The maximum absolute atomic E-state index is 13.3. The van der Waals surface area contributed by atoms with Crippen molar-refractivity contribution in [3.05, 3.63) is 76.9 Å². The highest BCUT2D eigenvalue weighted by molar-refractivity contribution is 7.87. The predicted octanol–water partition coefficient (Wildman–Crippen LogP) is 5.33. The molecule has 4 atom stereocenters. The number of aryl methyl sites for hydroxylation is 2. The average molecular weight is 659 g/mol. The van der Waals surface area contributed by atoms with Crippen molar-refractivity contribution in [2.45, 2.75) is 74.9 Å². The van der Waals surface area contributed by atoms with Gasteiger partial charge in [0.1, 0.15) is 33.7 Å². The molecule has 1 heterocycles. The quantitative estimate of drug-likeness (QED) is 0.224. The van der Waals surface area contributed by atoms with E-state index in [4.69, 9.17) is 17.8 Å². The molecule has 1 aliphatic heterocycles. The molecule has 0 radical (unpaired) electrons. The maximum atomic E-state index is 13.3. The van der Waals surface area contributed by atoms with Crippen molar-refractivity contribution in [2.75, 3.05) is 13.7 Å². The normalized spacial score (nSPS) is 22.8. The Morgan fingerprint density at radius 1 is 0.956 bits per heavy atom. The molecule has 10 nitrogen and oxygen atoms in total. The second-order valence-electron chi connectivity index (χ2n) is 12.2. The molecule has 242 valence electrons. The van der Waals surface area contributed by atoms with Gasteiger partial charge in [-0.2, -0.15) is 16.8 Å². The minimum atomic E-state index is -4.35. The lowest BCUT2D eigenvalue weighted by Crippen LogP contribution is -2.55. The van der Waals surface area contributed by atoms with E-state index in [0.29, 0.717) is 12.0 Å². The van der Waals surface area contributed by atoms with Crippen LogP contribution in [0.5, 0.6) is 17.2 Å². The predicted molar refractivity (Wildman–Crippen MR) is 166 cm³/mol. The van der Waals surface area contributed by atoms with Crippen molar-refractivity contribution in [3.8, 4) is 17.2 Å². The first kappa shape index (κ1) is 32.9. The van der Waals surface area contributed by atoms with E-state index < -0.39 is 50.2 Å². The first-order valence-corrected chi connectivity index (χ1v) is 17.5. The van der Waals surface area contributed by atoms with Crippen LogP contribution in [-0.2, 0) is 24.4 Å². The van der Waals surface area contributed by atoms with Gasteiger partial charge < -0.3 is 18.8 Å². The van der Waals surface area contributed by atoms with Crippen LogP contribution in [0.25, 0.3) is 0 Å². The van der Waals surface area contributed by atoms with Gasteiger partial charge in [0.2, 0.25) is 0 Å². The zero-order valence-electron chi connectivity index (χ0n) is 26.1. The Morgan fingerprint density at radius 3 is 2.02 bits per heavy atom. The molecule has 3 aromatic rings. The lowest BCUT2D eigenvalue weighted by atomic mass is 9.64. The molecule has 0 unspecified atom stereocenters. The number of methoxy groups -OCH3 is 1. The number of hydrogen-bond donors (Lipinski definition) is 1. The largest absolute Gasteiger partial charge is 0.496 e. The van der Waals surface area contributed by atoms with E-state index in [2.05, 4.69) is 0 Å². The third-order valence-corrected chi connectivity index (χ3v) is 11.3. The monoisotopic (exact) mass is 658 g/mol. The fourth-order valence-corrected chi connectivity index (χ4v) is 8.23. The first-order chi connectivity index (χ1) is 21.1. The Bertz CT molecular complexity index is 1810. The van der Waals surface area contributed by atoms with E-state index >= 15 is 0 Å². The summed E-state index contributed by atoms with van der Waals surface area (Å²) in [6, 6.07) is 13.6. The van der Waals surface area contributed by atoms with Crippen molar-refractivity contribution >= 4 is 26.0 Å². The van der Waals surface area contributed by atoms with Crippen LogP contribution in [0, 0.1) is 25.7 Å². The minimum Gasteiger partial charge on any atom is -0.496 e. The molecule has 1 saturated carbocycles. The van der Waals surface area contributed by atoms with Gasteiger partial charge in [-0.3, -0.25) is 8.98 Å². The fourth-order valence-electron chi connectivity index (χ4n) is 6.33. The standard InChI is InChI=1S/C33H38O10S2/c1-19(2)25-15-16-33(35,18-41-44(36,37)23-11-7-20(3)8-12-23)32-29(25)30-26(40-6)17-27(28(22(5)34)31(30)42-32)43-45(38,39)24-13-9-21(4)10-14-24/h7-14,17,19,25,29,32,35H,15-16,18H2,1-6H3/t25-,29+,32-,33+/m0/s1. The number of rotatable bonds is 10. The Kier molecular flexibility index (Phi) is 8.82. The molecule has 0 bridgehead atoms. The number of benzene rings is 3. The topological polar surface area (TPSA) is 142 Å². The molecule has 3 aromatic carbocycles. The van der Waals surface area contributed by atoms with E-state index in [1.54, 1.807) is 24.3 Å². The molecule has 1 aliphatic carbocycles. The summed E-state index contributed by atoms with van der Waals surface area (Å²) in [5, 5.41) is 12.0. The van der Waals surface area contributed by atoms with Crippen LogP contribution in [0.15, 0.2) is 64.4 Å². The molecular formula is C33H38O10S2. The fraction of sp³-hybridized carbons (Fsp3) is 0.424. The van der Waals surface area contributed by atoms with Gasteiger partial charge in [-0.05, 0) is 69.7 Å². The van der Waals surface area contributed by atoms with E-state index in [1.165, 1.54) is 44.4 Å². The number of aliphatic hydroxyl groups is 1. The van der Waals surface area contributed by atoms with Crippen molar-refractivity contribution < 1.29 is 44.6 Å². The Balaban J connectivity index is 1.57. The Morgan fingerprint density at radius 2 is 1.51 bits per heavy atom. The zero-order valence-corrected chi connectivity index (χ0v) is 27.7. The smallest absolute Gasteiger partial charge is 0.339 e. The molecule has 0 aromatic heterocycles. The van der Waals surface area contributed by atoms with Gasteiger partial charge in [0, 0.05) is 17.5 Å². The number of fused-ring (bicyclic) bond motifs is 3. The van der Waals surface area contributed by atoms with E-state index in [9.17, 15) is 26.7 Å². The number of ether oxygens (including phenoxy) is 2. The van der Waals surface area contributed by atoms with Crippen LogP contribution in [0.1, 0.15) is 66.6 Å². The van der Waals surface area contributed by atoms with Gasteiger partial charge in [0.15, 0.2) is 11.5 Å². The molecule has 5 rings (SSSR count). The van der Waals surface area contributed by atoms with Crippen LogP contribution in [0.3, 0.4) is 0 Å². The summed E-state index contributed by atoms with van der Waals surface area (Å²) in [6.45, 7) is 8.40. The number of carbonyl (C=O) groups is 1. The third-order valence-electron chi connectivity index (χ3n) is 8.76. The van der Waals surface area contributed by atoms with Crippen LogP contribution in [0.2, 0.25) is 0 Å². The van der Waals surface area contributed by atoms with Crippen LogP contribution >= 0.6 is 0 Å². The van der Waals surface area contributed by atoms with Crippen molar-refractivity contribution in [1.82, 2.24) is 0 Å². The van der Waals surface area contributed by atoms with E-state index in [1.807, 2.05) is 27.7 Å². The number of ketones is 1. The van der Waals surface area contributed by atoms with Crippen LogP contribution < -0.4 is 13.7 Å². The van der Waals surface area contributed by atoms with Gasteiger partial charge in [-0.15, -0.1) is 0 Å². The van der Waals surface area contributed by atoms with Crippen molar-refractivity contribution in [2.24, 2.45) is 11.8 Å². The summed E-state index contributed by atoms with van der Waals surface area (Å²) in [5.41, 5.74) is 0.335. The lowest BCUT2D eigenvalue weighted by molar-refractivity contribution is -0.124. The molecule has 0 amide bonds. The average Bonchev–Trinajstić information content (AvgIpc) is 3.37. The van der Waals surface area contributed by atoms with Crippen molar-refractivity contribution in [1.29, 1.82) is 0 Å². The van der Waals surface area contributed by atoms with Crippen molar-refractivity contribution in [3.63, 3.8) is 0 Å². The molecule has 0 saturated heterocycles. The SMILES string of the molecule is COc1cc(OS(=O)(=O)c2ccc(C)cc2)c(C(C)=O)c2c1[C@H]1[C@H](C(C)C)CC[C@@](O)(COS(=O)(=O)c3ccc(C)cc3)[C@H]1O2. The van der Waals surface area contributed by atoms with Crippen LogP contribution in [-0.4, -0.2) is 53.1 Å². The summed E-state index contributed by atoms with van der Waals surface area (Å²) in [7, 11) is -7.16. The lowest BCUT2D eigenvalue weighted by Gasteiger charge is -2.45.